The molecule has 5 heteroatoms. The standard InChI is InChI=1S/C17H23N3O2/c1-10(2)13-7-6-8-14(11(3)4)17(13)19-16(21)9-15-18-12(5)22-20-15/h6-8,10-11H,9H2,1-5H3,(H,19,21). The number of rotatable bonds is 5. The van der Waals surface area contributed by atoms with Gasteiger partial charge >= 0.3 is 0 Å². The Hall–Kier alpha value is -2.17. The fourth-order valence-corrected chi connectivity index (χ4v) is 2.44. The fraction of sp³-hybridized carbons (Fsp3) is 0.471. The van der Waals surface area contributed by atoms with Gasteiger partial charge < -0.3 is 9.84 Å². The number of benzene rings is 1. The van der Waals surface area contributed by atoms with Gasteiger partial charge in [0.05, 0.1) is 6.42 Å². The lowest BCUT2D eigenvalue weighted by atomic mass is 9.92. The Morgan fingerprint density at radius 3 is 2.23 bits per heavy atom. The van der Waals surface area contributed by atoms with E-state index >= 15 is 0 Å². The van der Waals surface area contributed by atoms with E-state index in [-0.39, 0.29) is 12.3 Å². The van der Waals surface area contributed by atoms with E-state index < -0.39 is 0 Å². The molecule has 0 radical (unpaired) electrons. The summed E-state index contributed by atoms with van der Waals surface area (Å²) < 4.78 is 4.90. The van der Waals surface area contributed by atoms with Crippen molar-refractivity contribution in [3.63, 3.8) is 0 Å². The van der Waals surface area contributed by atoms with E-state index in [4.69, 9.17) is 4.52 Å². The van der Waals surface area contributed by atoms with Crippen molar-refractivity contribution in [1.82, 2.24) is 10.1 Å². The molecular weight excluding hydrogens is 278 g/mol. The number of nitrogens with one attached hydrogen (secondary N) is 1. The van der Waals surface area contributed by atoms with Crippen molar-refractivity contribution in [2.24, 2.45) is 0 Å². The molecular formula is C17H23N3O2. The quantitative estimate of drug-likeness (QED) is 0.912. The first-order chi connectivity index (χ1) is 10.4. The van der Waals surface area contributed by atoms with Crippen LogP contribution in [0.4, 0.5) is 5.69 Å². The van der Waals surface area contributed by atoms with Crippen LogP contribution in [0.2, 0.25) is 0 Å². The molecule has 0 unspecified atom stereocenters. The van der Waals surface area contributed by atoms with Gasteiger partial charge in [-0.3, -0.25) is 4.79 Å². The molecule has 1 heterocycles. The number of amides is 1. The second-order valence-corrected chi connectivity index (χ2v) is 6.08. The van der Waals surface area contributed by atoms with Crippen LogP contribution >= 0.6 is 0 Å². The minimum atomic E-state index is -0.129. The molecule has 0 aliphatic carbocycles. The maximum absolute atomic E-state index is 12.3. The summed E-state index contributed by atoms with van der Waals surface area (Å²) in [5.41, 5.74) is 3.20. The van der Waals surface area contributed by atoms with Crippen molar-refractivity contribution < 1.29 is 9.32 Å². The SMILES string of the molecule is Cc1nc(CC(=O)Nc2c(C(C)C)cccc2C(C)C)no1. The summed E-state index contributed by atoms with van der Waals surface area (Å²) >= 11 is 0. The third-order valence-electron chi connectivity index (χ3n) is 3.53. The minimum Gasteiger partial charge on any atom is -0.340 e. The number of carbonyl (C=O) groups excluding carboxylic acids is 1. The summed E-state index contributed by atoms with van der Waals surface area (Å²) in [5.74, 6) is 1.41. The van der Waals surface area contributed by atoms with Crippen LogP contribution < -0.4 is 5.32 Å². The van der Waals surface area contributed by atoms with Crippen LogP contribution in [0, 0.1) is 6.92 Å². The van der Waals surface area contributed by atoms with Gasteiger partial charge in [-0.2, -0.15) is 4.98 Å². The molecule has 0 bridgehead atoms. The average Bonchev–Trinajstić information content (AvgIpc) is 2.83. The first-order valence-electron chi connectivity index (χ1n) is 7.60. The number of carbonyl (C=O) groups is 1. The molecule has 0 aliphatic rings. The molecule has 0 saturated carbocycles. The number of aryl methyl sites for hydroxylation is 1. The Morgan fingerprint density at radius 2 is 1.77 bits per heavy atom. The molecule has 22 heavy (non-hydrogen) atoms. The van der Waals surface area contributed by atoms with Crippen LogP contribution in [-0.4, -0.2) is 16.0 Å². The molecule has 0 spiro atoms. The van der Waals surface area contributed by atoms with Gasteiger partial charge in [0.25, 0.3) is 0 Å². The predicted molar refractivity (Wildman–Crippen MR) is 86.0 cm³/mol. The molecule has 0 fully saturated rings. The van der Waals surface area contributed by atoms with E-state index in [0.717, 1.165) is 16.8 Å². The Labute approximate surface area is 131 Å². The molecule has 0 saturated heterocycles. The van der Waals surface area contributed by atoms with Gasteiger partial charge in [-0.1, -0.05) is 51.1 Å². The number of aromatic nitrogens is 2. The van der Waals surface area contributed by atoms with Crippen LogP contribution in [0.25, 0.3) is 0 Å². The molecule has 2 rings (SSSR count). The summed E-state index contributed by atoms with van der Waals surface area (Å²) in [6.07, 6.45) is 0.112. The van der Waals surface area contributed by atoms with Crippen molar-refractivity contribution in [3.8, 4) is 0 Å². The lowest BCUT2D eigenvalue weighted by molar-refractivity contribution is -0.115. The summed E-state index contributed by atoms with van der Waals surface area (Å²) in [4.78, 5) is 16.4. The fourth-order valence-electron chi connectivity index (χ4n) is 2.44. The molecule has 1 aromatic carbocycles. The second kappa shape index (κ2) is 6.73. The highest BCUT2D eigenvalue weighted by molar-refractivity contribution is 5.93. The highest BCUT2D eigenvalue weighted by atomic mass is 16.5. The number of para-hydroxylation sites is 1. The molecule has 5 nitrogen and oxygen atoms in total. The Kier molecular flexibility index (Phi) is 4.96. The molecule has 118 valence electrons. The Bertz CT molecular complexity index is 633. The zero-order valence-corrected chi connectivity index (χ0v) is 13.8. The van der Waals surface area contributed by atoms with Crippen LogP contribution in [-0.2, 0) is 11.2 Å². The smallest absolute Gasteiger partial charge is 0.232 e. The van der Waals surface area contributed by atoms with Crippen molar-refractivity contribution in [1.29, 1.82) is 0 Å². The summed E-state index contributed by atoms with van der Waals surface area (Å²) in [5, 5.41) is 6.80. The largest absolute Gasteiger partial charge is 0.340 e. The third kappa shape index (κ3) is 3.72. The Morgan fingerprint density at radius 1 is 1.18 bits per heavy atom. The zero-order valence-electron chi connectivity index (χ0n) is 13.8. The summed E-state index contributed by atoms with van der Waals surface area (Å²) in [6, 6.07) is 6.16. The molecule has 1 N–H and O–H groups in total. The van der Waals surface area contributed by atoms with Gasteiger partial charge in [-0.05, 0) is 23.0 Å². The molecule has 0 atom stereocenters. The first kappa shape index (κ1) is 16.2. The normalized spacial score (nSPS) is 11.2. The number of anilines is 1. The summed E-state index contributed by atoms with van der Waals surface area (Å²) in [7, 11) is 0. The number of nitrogens with zero attached hydrogens (tertiary/aromatic N) is 2. The van der Waals surface area contributed by atoms with Crippen LogP contribution in [0.5, 0.6) is 0 Å². The maximum Gasteiger partial charge on any atom is 0.232 e. The highest BCUT2D eigenvalue weighted by Crippen LogP contribution is 2.32. The highest BCUT2D eigenvalue weighted by Gasteiger charge is 2.17. The second-order valence-electron chi connectivity index (χ2n) is 6.08. The molecule has 0 aliphatic heterocycles. The average molecular weight is 301 g/mol. The molecule has 1 amide bonds. The zero-order chi connectivity index (χ0) is 16.3. The van der Waals surface area contributed by atoms with Gasteiger partial charge in [0, 0.05) is 12.6 Å². The van der Waals surface area contributed by atoms with Gasteiger partial charge in [0.15, 0.2) is 5.82 Å². The van der Waals surface area contributed by atoms with Gasteiger partial charge in [0.2, 0.25) is 11.8 Å². The summed E-state index contributed by atoms with van der Waals surface area (Å²) in [6.45, 7) is 10.2. The van der Waals surface area contributed by atoms with E-state index in [1.54, 1.807) is 6.92 Å². The van der Waals surface area contributed by atoms with E-state index in [0.29, 0.717) is 23.6 Å². The van der Waals surface area contributed by atoms with E-state index in [1.807, 2.05) is 6.07 Å². The van der Waals surface area contributed by atoms with Crippen molar-refractivity contribution >= 4 is 11.6 Å². The third-order valence-corrected chi connectivity index (χ3v) is 3.53. The van der Waals surface area contributed by atoms with Crippen molar-refractivity contribution in [2.45, 2.75) is 52.9 Å². The number of hydrogen-bond donors (Lipinski definition) is 1. The van der Waals surface area contributed by atoms with Gasteiger partial charge in [-0.25, -0.2) is 0 Å². The van der Waals surface area contributed by atoms with Crippen LogP contribution in [0.3, 0.4) is 0 Å². The van der Waals surface area contributed by atoms with Gasteiger partial charge in [0.1, 0.15) is 0 Å². The Balaban J connectivity index is 2.25. The maximum atomic E-state index is 12.3. The lowest BCUT2D eigenvalue weighted by Gasteiger charge is -2.20. The van der Waals surface area contributed by atoms with E-state index in [2.05, 4.69) is 55.3 Å². The lowest BCUT2D eigenvalue weighted by Crippen LogP contribution is -2.18. The van der Waals surface area contributed by atoms with Crippen LogP contribution in [0.1, 0.15) is 62.4 Å². The van der Waals surface area contributed by atoms with E-state index in [9.17, 15) is 4.79 Å². The first-order valence-corrected chi connectivity index (χ1v) is 7.60. The van der Waals surface area contributed by atoms with Crippen molar-refractivity contribution in [3.05, 3.63) is 41.0 Å². The monoisotopic (exact) mass is 301 g/mol. The topological polar surface area (TPSA) is 68.0 Å². The minimum absolute atomic E-state index is 0.112. The van der Waals surface area contributed by atoms with Crippen molar-refractivity contribution in [2.75, 3.05) is 5.32 Å². The molecule has 2 aromatic rings. The van der Waals surface area contributed by atoms with Crippen LogP contribution in [0.15, 0.2) is 22.7 Å². The van der Waals surface area contributed by atoms with E-state index in [1.165, 1.54) is 0 Å². The van der Waals surface area contributed by atoms with Gasteiger partial charge in [-0.15, -0.1) is 0 Å². The predicted octanol–water partition coefficient (Wildman–Crippen LogP) is 3.81. The molecule has 1 aromatic heterocycles. The number of hydrogen-bond acceptors (Lipinski definition) is 4.